The fraction of sp³-hybridized carbons (Fsp3) is 0.778. The molecule has 2 aliphatic heterocycles. The Bertz CT molecular complexity index is 261. The van der Waals surface area contributed by atoms with Crippen LogP contribution in [0.25, 0.3) is 0 Å². The van der Waals surface area contributed by atoms with Gasteiger partial charge in [-0.15, -0.1) is 0 Å². The van der Waals surface area contributed by atoms with Crippen LogP contribution in [0.3, 0.4) is 0 Å². The average molecular weight is 197 g/mol. The first-order valence-corrected chi connectivity index (χ1v) is 5.08. The molecule has 2 unspecified atom stereocenters. The van der Waals surface area contributed by atoms with Gasteiger partial charge in [-0.05, 0) is 19.4 Å². The number of carbonyl (C=O) groups excluding carboxylic acids is 2. The van der Waals surface area contributed by atoms with Gasteiger partial charge in [-0.2, -0.15) is 0 Å². The molecule has 2 N–H and O–H groups in total. The van der Waals surface area contributed by atoms with Crippen molar-refractivity contribution in [2.45, 2.75) is 31.8 Å². The Hall–Kier alpha value is -1.10. The highest BCUT2D eigenvalue weighted by Crippen LogP contribution is 2.16. The first-order valence-electron chi connectivity index (χ1n) is 5.08. The Morgan fingerprint density at radius 2 is 2.29 bits per heavy atom. The fourth-order valence-electron chi connectivity index (χ4n) is 2.03. The second-order valence-electron chi connectivity index (χ2n) is 3.77. The second kappa shape index (κ2) is 3.57. The molecule has 0 aromatic rings. The normalized spacial score (nSPS) is 32.5. The first kappa shape index (κ1) is 9.45. The van der Waals surface area contributed by atoms with Crippen molar-refractivity contribution < 1.29 is 9.59 Å². The van der Waals surface area contributed by atoms with Gasteiger partial charge in [0.2, 0.25) is 0 Å². The Morgan fingerprint density at radius 3 is 2.79 bits per heavy atom. The molecule has 0 spiro atoms. The highest BCUT2D eigenvalue weighted by molar-refractivity contribution is 6.04. The molecule has 0 aliphatic carbocycles. The summed E-state index contributed by atoms with van der Waals surface area (Å²) >= 11 is 0. The minimum atomic E-state index is -0.303. The lowest BCUT2D eigenvalue weighted by Crippen LogP contribution is -2.42. The van der Waals surface area contributed by atoms with E-state index in [2.05, 4.69) is 10.6 Å². The van der Waals surface area contributed by atoms with Gasteiger partial charge in [0.05, 0.1) is 6.04 Å². The number of hydrogen-bond donors (Lipinski definition) is 2. The summed E-state index contributed by atoms with van der Waals surface area (Å²) in [5, 5.41) is 5.84. The summed E-state index contributed by atoms with van der Waals surface area (Å²) in [4.78, 5) is 24.6. The Kier molecular flexibility index (Phi) is 2.41. The predicted molar refractivity (Wildman–Crippen MR) is 50.7 cm³/mol. The lowest BCUT2D eigenvalue weighted by molar-refractivity contribution is -0.128. The highest BCUT2D eigenvalue weighted by Gasteiger charge is 2.41. The van der Waals surface area contributed by atoms with Crippen LogP contribution in [0.5, 0.6) is 0 Å². The van der Waals surface area contributed by atoms with E-state index in [1.807, 2.05) is 6.92 Å². The maximum absolute atomic E-state index is 11.7. The summed E-state index contributed by atoms with van der Waals surface area (Å²) in [6.07, 6.45) is 1.54. The molecule has 0 aromatic heterocycles. The molecular formula is C9H15N3O2. The van der Waals surface area contributed by atoms with Crippen molar-refractivity contribution in [3.63, 3.8) is 0 Å². The van der Waals surface area contributed by atoms with E-state index in [4.69, 9.17) is 0 Å². The summed E-state index contributed by atoms with van der Waals surface area (Å²) in [7, 11) is 0. The summed E-state index contributed by atoms with van der Waals surface area (Å²) in [6.45, 7) is 3.52. The number of nitrogens with one attached hydrogen (secondary N) is 2. The number of urea groups is 1. The molecule has 2 aliphatic rings. The molecule has 78 valence electrons. The Morgan fingerprint density at radius 1 is 1.50 bits per heavy atom. The minimum Gasteiger partial charge on any atom is -0.326 e. The van der Waals surface area contributed by atoms with Gasteiger partial charge in [0.25, 0.3) is 5.91 Å². The van der Waals surface area contributed by atoms with Crippen LogP contribution in [-0.4, -0.2) is 42.0 Å². The zero-order chi connectivity index (χ0) is 10.1. The monoisotopic (exact) mass is 197 g/mol. The molecule has 3 amide bonds. The molecule has 2 saturated heterocycles. The molecule has 2 heterocycles. The summed E-state index contributed by atoms with van der Waals surface area (Å²) < 4.78 is 0. The molecule has 5 heteroatoms. The van der Waals surface area contributed by atoms with Crippen LogP contribution in [0.4, 0.5) is 4.79 Å². The molecule has 2 rings (SSSR count). The van der Waals surface area contributed by atoms with E-state index >= 15 is 0 Å². The number of amides is 3. The maximum Gasteiger partial charge on any atom is 0.325 e. The van der Waals surface area contributed by atoms with Crippen LogP contribution in [0.15, 0.2) is 0 Å². The van der Waals surface area contributed by atoms with Crippen molar-refractivity contribution in [3.8, 4) is 0 Å². The second-order valence-corrected chi connectivity index (χ2v) is 3.77. The highest BCUT2D eigenvalue weighted by atomic mass is 16.2. The first-order chi connectivity index (χ1) is 6.74. The molecule has 0 aromatic carbocycles. The van der Waals surface area contributed by atoms with Crippen LogP contribution < -0.4 is 10.6 Å². The average Bonchev–Trinajstić information content (AvgIpc) is 2.74. The third-order valence-corrected chi connectivity index (χ3v) is 2.86. The summed E-state index contributed by atoms with van der Waals surface area (Å²) in [5.41, 5.74) is 0. The standard InChI is InChI=1S/C9H15N3O2/c1-2-7-8(13)12(9(14)11-7)6-3-4-10-5-6/h6-7,10H,2-5H2,1H3,(H,11,14). The Labute approximate surface area is 82.8 Å². The van der Waals surface area contributed by atoms with Gasteiger partial charge >= 0.3 is 6.03 Å². The van der Waals surface area contributed by atoms with Crippen LogP contribution >= 0.6 is 0 Å². The third-order valence-electron chi connectivity index (χ3n) is 2.86. The predicted octanol–water partition coefficient (Wildman–Crippen LogP) is -0.321. The van der Waals surface area contributed by atoms with Gasteiger partial charge in [0, 0.05) is 6.54 Å². The van der Waals surface area contributed by atoms with Crippen molar-refractivity contribution in [1.82, 2.24) is 15.5 Å². The van der Waals surface area contributed by atoms with Crippen molar-refractivity contribution in [2.24, 2.45) is 0 Å². The zero-order valence-corrected chi connectivity index (χ0v) is 8.25. The van der Waals surface area contributed by atoms with Gasteiger partial charge in [0.1, 0.15) is 6.04 Å². The van der Waals surface area contributed by atoms with Gasteiger partial charge in [-0.25, -0.2) is 4.79 Å². The van der Waals surface area contributed by atoms with E-state index in [0.717, 1.165) is 19.5 Å². The smallest absolute Gasteiger partial charge is 0.325 e. The van der Waals surface area contributed by atoms with Crippen molar-refractivity contribution in [1.29, 1.82) is 0 Å². The van der Waals surface area contributed by atoms with E-state index in [9.17, 15) is 9.59 Å². The van der Waals surface area contributed by atoms with Crippen molar-refractivity contribution >= 4 is 11.9 Å². The van der Waals surface area contributed by atoms with Gasteiger partial charge in [0.15, 0.2) is 0 Å². The number of carbonyl (C=O) groups is 2. The molecule has 2 fully saturated rings. The van der Waals surface area contributed by atoms with E-state index in [0.29, 0.717) is 6.42 Å². The Balaban J connectivity index is 2.10. The van der Waals surface area contributed by atoms with Gasteiger partial charge in [-0.1, -0.05) is 6.92 Å². The van der Waals surface area contributed by atoms with Crippen LogP contribution in [-0.2, 0) is 4.79 Å². The van der Waals surface area contributed by atoms with E-state index in [1.54, 1.807) is 0 Å². The van der Waals surface area contributed by atoms with E-state index in [-0.39, 0.29) is 24.0 Å². The number of hydrogen-bond acceptors (Lipinski definition) is 3. The summed E-state index contributed by atoms with van der Waals surface area (Å²) in [6, 6.07) is -0.474. The zero-order valence-electron chi connectivity index (χ0n) is 8.25. The van der Waals surface area contributed by atoms with Gasteiger partial charge < -0.3 is 10.6 Å². The number of nitrogens with zero attached hydrogens (tertiary/aromatic N) is 1. The molecule has 0 bridgehead atoms. The SMILES string of the molecule is CCC1NC(=O)N(C2CCNC2)C1=O. The van der Waals surface area contributed by atoms with Crippen molar-refractivity contribution in [2.75, 3.05) is 13.1 Å². The van der Waals surface area contributed by atoms with Crippen molar-refractivity contribution in [3.05, 3.63) is 0 Å². The summed E-state index contributed by atoms with van der Waals surface area (Å²) in [5.74, 6) is -0.0637. The number of imide groups is 1. The molecule has 14 heavy (non-hydrogen) atoms. The molecule has 0 radical (unpaired) electrons. The fourth-order valence-corrected chi connectivity index (χ4v) is 2.03. The van der Waals surface area contributed by atoms with Crippen LogP contribution in [0.1, 0.15) is 19.8 Å². The molecule has 0 saturated carbocycles. The largest absolute Gasteiger partial charge is 0.326 e. The lowest BCUT2D eigenvalue weighted by atomic mass is 10.2. The van der Waals surface area contributed by atoms with Gasteiger partial charge in [-0.3, -0.25) is 9.69 Å². The van der Waals surface area contributed by atoms with E-state index < -0.39 is 0 Å². The molecule has 5 nitrogen and oxygen atoms in total. The molecular weight excluding hydrogens is 182 g/mol. The number of rotatable bonds is 2. The lowest BCUT2D eigenvalue weighted by Gasteiger charge is -2.19. The van der Waals surface area contributed by atoms with E-state index in [1.165, 1.54) is 4.90 Å². The maximum atomic E-state index is 11.7. The van der Waals surface area contributed by atoms with Crippen LogP contribution in [0, 0.1) is 0 Å². The molecule has 2 atom stereocenters. The van der Waals surface area contributed by atoms with Crippen LogP contribution in [0.2, 0.25) is 0 Å². The third kappa shape index (κ3) is 1.37. The quantitative estimate of drug-likeness (QED) is 0.596. The topological polar surface area (TPSA) is 61.4 Å². The minimum absolute atomic E-state index is 0.0547.